The van der Waals surface area contributed by atoms with Crippen LogP contribution in [0.15, 0.2) is 48.7 Å². The SMILES string of the molecule is O=C(c1ncccc1O)N1CCCC(C2NNCC2Cc2ccccc2)C1. The lowest BCUT2D eigenvalue weighted by Gasteiger charge is -2.37. The minimum absolute atomic E-state index is 0.0489. The van der Waals surface area contributed by atoms with Gasteiger partial charge in [0, 0.05) is 31.9 Å². The number of piperidine rings is 1. The Bertz CT molecular complexity index is 783. The zero-order chi connectivity index (χ0) is 18.6. The average Bonchev–Trinajstić information content (AvgIpc) is 3.17. The van der Waals surface area contributed by atoms with Gasteiger partial charge in [-0.15, -0.1) is 0 Å². The molecule has 2 aliphatic rings. The number of pyridine rings is 1. The molecule has 0 saturated carbocycles. The Balaban J connectivity index is 1.44. The van der Waals surface area contributed by atoms with Gasteiger partial charge in [-0.1, -0.05) is 30.3 Å². The summed E-state index contributed by atoms with van der Waals surface area (Å²) in [5.41, 5.74) is 8.27. The van der Waals surface area contributed by atoms with E-state index in [0.29, 0.717) is 24.4 Å². The Labute approximate surface area is 159 Å². The Kier molecular flexibility index (Phi) is 5.36. The van der Waals surface area contributed by atoms with E-state index in [1.807, 2.05) is 11.0 Å². The van der Waals surface area contributed by atoms with Gasteiger partial charge >= 0.3 is 0 Å². The molecule has 2 saturated heterocycles. The van der Waals surface area contributed by atoms with Gasteiger partial charge in [0.25, 0.3) is 5.91 Å². The van der Waals surface area contributed by atoms with Crippen molar-refractivity contribution in [2.24, 2.45) is 11.8 Å². The molecule has 3 atom stereocenters. The van der Waals surface area contributed by atoms with Crippen LogP contribution >= 0.6 is 0 Å². The summed E-state index contributed by atoms with van der Waals surface area (Å²) >= 11 is 0. The van der Waals surface area contributed by atoms with Gasteiger partial charge in [0.2, 0.25) is 0 Å². The summed E-state index contributed by atoms with van der Waals surface area (Å²) in [6.45, 7) is 2.35. The number of benzene rings is 1. The lowest BCUT2D eigenvalue weighted by atomic mass is 9.81. The normalized spacial score (nSPS) is 25.5. The van der Waals surface area contributed by atoms with E-state index in [1.165, 1.54) is 11.6 Å². The summed E-state index contributed by atoms with van der Waals surface area (Å²) in [5.74, 6) is 0.656. The molecule has 2 aromatic rings. The molecule has 0 radical (unpaired) electrons. The van der Waals surface area contributed by atoms with Crippen LogP contribution in [0.1, 0.15) is 28.9 Å². The average molecular weight is 366 g/mol. The van der Waals surface area contributed by atoms with Crippen LogP contribution in [0.4, 0.5) is 0 Å². The van der Waals surface area contributed by atoms with Gasteiger partial charge in [-0.25, -0.2) is 4.98 Å². The largest absolute Gasteiger partial charge is 0.505 e. The first kappa shape index (κ1) is 17.9. The fraction of sp³-hybridized carbons (Fsp3) is 0.429. The second-order valence-electron chi connectivity index (χ2n) is 7.53. The Morgan fingerprint density at radius 1 is 1.22 bits per heavy atom. The standard InChI is InChI=1S/C21H26N4O2/c26-18-9-4-10-22-20(18)21(27)25-11-5-8-16(14-25)19-17(13-23-24-19)12-15-6-2-1-3-7-15/h1-4,6-7,9-10,16-17,19,23-24,26H,5,8,11-14H2. The molecular weight excluding hydrogens is 340 g/mol. The molecule has 6 nitrogen and oxygen atoms in total. The summed E-state index contributed by atoms with van der Waals surface area (Å²) in [6.07, 6.45) is 4.65. The third kappa shape index (κ3) is 3.96. The van der Waals surface area contributed by atoms with Crippen molar-refractivity contribution < 1.29 is 9.90 Å². The molecule has 142 valence electrons. The van der Waals surface area contributed by atoms with Crippen molar-refractivity contribution in [3.63, 3.8) is 0 Å². The molecule has 0 spiro atoms. The summed E-state index contributed by atoms with van der Waals surface area (Å²) in [6, 6.07) is 14.0. The first-order valence-electron chi connectivity index (χ1n) is 9.68. The van der Waals surface area contributed by atoms with E-state index in [0.717, 1.165) is 32.4 Å². The van der Waals surface area contributed by atoms with Crippen molar-refractivity contribution in [1.29, 1.82) is 0 Å². The smallest absolute Gasteiger partial charge is 0.276 e. The number of aromatic hydroxyl groups is 1. The van der Waals surface area contributed by atoms with Gasteiger partial charge < -0.3 is 10.0 Å². The summed E-state index contributed by atoms with van der Waals surface area (Å²) in [4.78, 5) is 18.7. The first-order chi connectivity index (χ1) is 13.2. The monoisotopic (exact) mass is 366 g/mol. The Morgan fingerprint density at radius 2 is 2.07 bits per heavy atom. The highest BCUT2D eigenvalue weighted by molar-refractivity contribution is 5.94. The maximum atomic E-state index is 12.8. The number of hydrazine groups is 1. The first-order valence-corrected chi connectivity index (χ1v) is 9.68. The van der Waals surface area contributed by atoms with E-state index in [4.69, 9.17) is 0 Å². The van der Waals surface area contributed by atoms with Crippen LogP contribution in [0.3, 0.4) is 0 Å². The fourth-order valence-electron chi connectivity index (χ4n) is 4.37. The summed E-state index contributed by atoms with van der Waals surface area (Å²) < 4.78 is 0. The third-order valence-corrected chi connectivity index (χ3v) is 5.72. The molecule has 0 aliphatic carbocycles. The van der Waals surface area contributed by atoms with Gasteiger partial charge in [0.1, 0.15) is 5.75 Å². The Hall–Kier alpha value is -2.44. The van der Waals surface area contributed by atoms with E-state index < -0.39 is 0 Å². The van der Waals surface area contributed by atoms with Crippen LogP contribution in [-0.4, -0.2) is 46.6 Å². The van der Waals surface area contributed by atoms with Crippen LogP contribution in [0, 0.1) is 11.8 Å². The minimum atomic E-state index is -0.177. The van der Waals surface area contributed by atoms with E-state index >= 15 is 0 Å². The number of aromatic nitrogens is 1. The minimum Gasteiger partial charge on any atom is -0.505 e. The second-order valence-corrected chi connectivity index (χ2v) is 7.53. The maximum Gasteiger partial charge on any atom is 0.276 e. The van der Waals surface area contributed by atoms with Crippen molar-refractivity contribution in [3.8, 4) is 5.75 Å². The zero-order valence-electron chi connectivity index (χ0n) is 15.3. The number of rotatable bonds is 4. The molecule has 0 bridgehead atoms. The zero-order valence-corrected chi connectivity index (χ0v) is 15.3. The van der Waals surface area contributed by atoms with Crippen LogP contribution in [-0.2, 0) is 6.42 Å². The van der Waals surface area contributed by atoms with E-state index in [2.05, 4.69) is 40.1 Å². The third-order valence-electron chi connectivity index (χ3n) is 5.72. The van der Waals surface area contributed by atoms with Gasteiger partial charge in [-0.2, -0.15) is 0 Å². The molecule has 1 aromatic heterocycles. The molecule has 1 aromatic carbocycles. The van der Waals surface area contributed by atoms with Crippen molar-refractivity contribution in [1.82, 2.24) is 20.7 Å². The van der Waals surface area contributed by atoms with Crippen LogP contribution in [0.2, 0.25) is 0 Å². The topological polar surface area (TPSA) is 77.5 Å². The number of nitrogens with zero attached hydrogens (tertiary/aromatic N) is 2. The number of likely N-dealkylation sites (tertiary alicyclic amines) is 1. The van der Waals surface area contributed by atoms with Gasteiger partial charge in [0.05, 0.1) is 0 Å². The number of nitrogens with one attached hydrogen (secondary N) is 2. The van der Waals surface area contributed by atoms with Crippen LogP contribution in [0.5, 0.6) is 5.75 Å². The highest BCUT2D eigenvalue weighted by Gasteiger charge is 2.37. The van der Waals surface area contributed by atoms with E-state index in [9.17, 15) is 9.90 Å². The highest BCUT2D eigenvalue weighted by Crippen LogP contribution is 2.29. The molecule has 6 heteroatoms. The van der Waals surface area contributed by atoms with Crippen molar-refractivity contribution in [2.45, 2.75) is 25.3 Å². The molecular formula is C21H26N4O2. The molecule has 27 heavy (non-hydrogen) atoms. The van der Waals surface area contributed by atoms with Gasteiger partial charge in [-0.3, -0.25) is 15.6 Å². The lowest BCUT2D eigenvalue weighted by Crippen LogP contribution is -2.49. The highest BCUT2D eigenvalue weighted by atomic mass is 16.3. The van der Waals surface area contributed by atoms with Gasteiger partial charge in [-0.05, 0) is 48.8 Å². The molecule has 2 fully saturated rings. The van der Waals surface area contributed by atoms with Gasteiger partial charge in [0.15, 0.2) is 5.69 Å². The molecule has 3 N–H and O–H groups in total. The van der Waals surface area contributed by atoms with Crippen molar-refractivity contribution >= 4 is 5.91 Å². The molecule has 3 unspecified atom stereocenters. The molecule has 4 rings (SSSR count). The fourth-order valence-corrected chi connectivity index (χ4v) is 4.37. The number of hydrogen-bond acceptors (Lipinski definition) is 5. The summed E-state index contributed by atoms with van der Waals surface area (Å²) in [5, 5.41) is 9.96. The maximum absolute atomic E-state index is 12.8. The van der Waals surface area contributed by atoms with Crippen LogP contribution in [0.25, 0.3) is 0 Å². The predicted molar refractivity (Wildman–Crippen MR) is 103 cm³/mol. The van der Waals surface area contributed by atoms with Crippen molar-refractivity contribution in [2.75, 3.05) is 19.6 Å². The number of carbonyl (C=O) groups is 1. The predicted octanol–water partition coefficient (Wildman–Crippen LogP) is 1.97. The second kappa shape index (κ2) is 8.06. The molecule has 2 aliphatic heterocycles. The number of hydrogen-bond donors (Lipinski definition) is 3. The van der Waals surface area contributed by atoms with E-state index in [1.54, 1.807) is 12.3 Å². The number of amides is 1. The van der Waals surface area contributed by atoms with E-state index in [-0.39, 0.29) is 17.4 Å². The molecule has 1 amide bonds. The Morgan fingerprint density at radius 3 is 2.89 bits per heavy atom. The molecule has 3 heterocycles. The van der Waals surface area contributed by atoms with Crippen molar-refractivity contribution in [3.05, 3.63) is 59.9 Å². The quantitative estimate of drug-likeness (QED) is 0.771. The lowest BCUT2D eigenvalue weighted by molar-refractivity contribution is 0.0626. The summed E-state index contributed by atoms with van der Waals surface area (Å²) in [7, 11) is 0. The van der Waals surface area contributed by atoms with Crippen LogP contribution < -0.4 is 10.9 Å². The number of carbonyl (C=O) groups excluding carboxylic acids is 1.